The first kappa shape index (κ1) is 21.1. The summed E-state index contributed by atoms with van der Waals surface area (Å²) in [6.45, 7) is 3.40. The molecule has 2 aliphatic carbocycles. The van der Waals surface area contributed by atoms with Crippen LogP contribution in [0.15, 0.2) is 18.2 Å². The zero-order chi connectivity index (χ0) is 19.9. The van der Waals surface area contributed by atoms with Crippen molar-refractivity contribution in [1.82, 2.24) is 4.90 Å². The maximum absolute atomic E-state index is 10.0. The van der Waals surface area contributed by atoms with Gasteiger partial charge in [-0.25, -0.2) is 0 Å². The van der Waals surface area contributed by atoms with Crippen LogP contribution < -0.4 is 4.90 Å². The van der Waals surface area contributed by atoms with E-state index in [-0.39, 0.29) is 0 Å². The van der Waals surface area contributed by atoms with E-state index in [9.17, 15) is 4.79 Å². The number of nitrogens with zero attached hydrogens (tertiary/aromatic N) is 3. The molecule has 0 amide bonds. The molecule has 0 N–H and O–H groups in total. The Hall–Kier alpha value is -1.57. The predicted molar refractivity (Wildman–Crippen MR) is 115 cm³/mol. The van der Waals surface area contributed by atoms with Crippen molar-refractivity contribution in [3.8, 4) is 6.07 Å². The zero-order valence-corrected chi connectivity index (χ0v) is 17.7. The summed E-state index contributed by atoms with van der Waals surface area (Å²) in [5, 5.41) is 9.60. The Balaban J connectivity index is 0.000000271. The van der Waals surface area contributed by atoms with Gasteiger partial charge in [0.25, 0.3) is 0 Å². The maximum Gasteiger partial charge on any atom is 0.123 e. The Labute approximate surface area is 174 Å². The number of likely N-dealkylation sites (tertiary alicyclic amines) is 1. The molecular weight excluding hydrogens is 370 g/mol. The fourth-order valence-corrected chi connectivity index (χ4v) is 4.67. The van der Waals surface area contributed by atoms with E-state index in [4.69, 9.17) is 16.9 Å². The number of hydrogen-bond acceptors (Lipinski definition) is 4. The van der Waals surface area contributed by atoms with Crippen molar-refractivity contribution < 1.29 is 4.79 Å². The van der Waals surface area contributed by atoms with Crippen LogP contribution in [0.3, 0.4) is 0 Å². The van der Waals surface area contributed by atoms with Crippen molar-refractivity contribution in [3.63, 3.8) is 0 Å². The maximum atomic E-state index is 10.0. The molecule has 0 spiro atoms. The largest absolute Gasteiger partial charge is 0.367 e. The van der Waals surface area contributed by atoms with Crippen LogP contribution >= 0.6 is 11.6 Å². The zero-order valence-electron chi connectivity index (χ0n) is 16.9. The second-order valence-corrected chi connectivity index (χ2v) is 9.02. The van der Waals surface area contributed by atoms with Crippen molar-refractivity contribution in [2.75, 3.05) is 31.6 Å². The molecule has 3 aliphatic rings. The van der Waals surface area contributed by atoms with E-state index in [0.717, 1.165) is 44.7 Å². The lowest BCUT2D eigenvalue weighted by molar-refractivity contribution is -0.110. The van der Waals surface area contributed by atoms with Gasteiger partial charge >= 0.3 is 0 Å². The molecule has 1 atom stereocenters. The second kappa shape index (κ2) is 10.3. The van der Waals surface area contributed by atoms with Crippen molar-refractivity contribution in [1.29, 1.82) is 5.26 Å². The minimum atomic E-state index is 0.417. The molecule has 5 heteroatoms. The number of benzene rings is 1. The lowest BCUT2D eigenvalue weighted by Gasteiger charge is -2.37. The van der Waals surface area contributed by atoms with E-state index in [2.05, 4.69) is 29.0 Å². The molecule has 0 aromatic heterocycles. The highest BCUT2D eigenvalue weighted by Crippen LogP contribution is 2.33. The molecule has 2 saturated carbocycles. The first-order valence-electron chi connectivity index (χ1n) is 10.7. The number of likely N-dealkylation sites (N-methyl/N-ethyl adjacent to an activating group) is 1. The Morgan fingerprint density at radius 3 is 2.43 bits per heavy atom. The summed E-state index contributed by atoms with van der Waals surface area (Å²) in [4.78, 5) is 14.9. The number of carbonyl (C=O) groups excluding carboxylic acids is 1. The molecule has 4 rings (SSSR count). The molecule has 28 heavy (non-hydrogen) atoms. The molecular formula is C23H32ClN3O. The van der Waals surface area contributed by atoms with E-state index in [1.165, 1.54) is 44.2 Å². The Kier molecular flexibility index (Phi) is 7.76. The van der Waals surface area contributed by atoms with Crippen LogP contribution in [0.25, 0.3) is 0 Å². The molecule has 1 aromatic carbocycles. The van der Waals surface area contributed by atoms with Gasteiger partial charge in [-0.05, 0) is 69.8 Å². The first-order valence-corrected chi connectivity index (χ1v) is 11.1. The summed E-state index contributed by atoms with van der Waals surface area (Å²) in [5.41, 5.74) is 1.73. The molecule has 1 unspecified atom stereocenters. The fourth-order valence-electron chi connectivity index (χ4n) is 4.45. The van der Waals surface area contributed by atoms with Gasteiger partial charge in [0, 0.05) is 30.7 Å². The quantitative estimate of drug-likeness (QED) is 0.658. The third-order valence-corrected chi connectivity index (χ3v) is 6.80. The summed E-state index contributed by atoms with van der Waals surface area (Å²) in [6, 6.07) is 8.59. The highest BCUT2D eigenvalue weighted by atomic mass is 35.5. The van der Waals surface area contributed by atoms with E-state index in [0.29, 0.717) is 22.5 Å². The molecule has 1 saturated heterocycles. The molecule has 1 aromatic rings. The number of hydrogen-bond donors (Lipinski definition) is 0. The summed E-state index contributed by atoms with van der Waals surface area (Å²) >= 11 is 6.23. The third kappa shape index (κ3) is 5.49. The summed E-state index contributed by atoms with van der Waals surface area (Å²) < 4.78 is 0. The highest BCUT2D eigenvalue weighted by molar-refractivity contribution is 6.32. The van der Waals surface area contributed by atoms with Gasteiger partial charge in [-0.1, -0.05) is 30.9 Å². The number of nitriles is 1. The van der Waals surface area contributed by atoms with Crippen LogP contribution in [-0.2, 0) is 4.79 Å². The number of rotatable bonds is 5. The van der Waals surface area contributed by atoms with Gasteiger partial charge in [-0.15, -0.1) is 0 Å². The minimum Gasteiger partial charge on any atom is -0.367 e. The van der Waals surface area contributed by atoms with Crippen molar-refractivity contribution >= 4 is 23.6 Å². The SMILES string of the molecule is CN1CCC(N(CC2CCC2)c2ccc(C#N)c(Cl)c2)C1.O=CC1CCCC1. The van der Waals surface area contributed by atoms with Crippen molar-refractivity contribution in [2.24, 2.45) is 11.8 Å². The van der Waals surface area contributed by atoms with Crippen molar-refractivity contribution in [3.05, 3.63) is 28.8 Å². The van der Waals surface area contributed by atoms with E-state index in [1.54, 1.807) is 0 Å². The predicted octanol–water partition coefficient (Wildman–Crippen LogP) is 4.90. The Bertz CT molecular complexity index is 692. The fraction of sp³-hybridized carbons (Fsp3) is 0.652. The van der Waals surface area contributed by atoms with Crippen LogP contribution in [0.4, 0.5) is 5.69 Å². The summed E-state index contributed by atoms with van der Waals surface area (Å²) in [5.74, 6) is 1.24. The lowest BCUT2D eigenvalue weighted by atomic mass is 9.84. The molecule has 1 heterocycles. The summed E-state index contributed by atoms with van der Waals surface area (Å²) in [6.07, 6.45) is 11.2. The first-order chi connectivity index (χ1) is 13.6. The van der Waals surface area contributed by atoms with Gasteiger partial charge in [-0.2, -0.15) is 5.26 Å². The van der Waals surface area contributed by atoms with Crippen LogP contribution in [-0.4, -0.2) is 43.9 Å². The average molecular weight is 402 g/mol. The molecule has 4 nitrogen and oxygen atoms in total. The molecule has 0 radical (unpaired) electrons. The molecule has 3 fully saturated rings. The van der Waals surface area contributed by atoms with Crippen molar-refractivity contribution in [2.45, 2.75) is 57.4 Å². The van der Waals surface area contributed by atoms with Crippen LogP contribution in [0.2, 0.25) is 5.02 Å². The number of carbonyl (C=O) groups is 1. The van der Waals surface area contributed by atoms with E-state index >= 15 is 0 Å². The normalized spacial score (nSPS) is 22.8. The smallest absolute Gasteiger partial charge is 0.123 e. The number of aldehydes is 1. The molecule has 0 bridgehead atoms. The van der Waals surface area contributed by atoms with E-state index < -0.39 is 0 Å². The van der Waals surface area contributed by atoms with Gasteiger partial charge in [0.1, 0.15) is 12.4 Å². The van der Waals surface area contributed by atoms with Crippen LogP contribution in [0, 0.1) is 23.2 Å². The molecule has 1 aliphatic heterocycles. The minimum absolute atomic E-state index is 0.417. The standard InChI is InChI=1S/C17H22ClN3.C6H10O/c1-20-8-7-16(12-20)21(11-13-3-2-4-13)15-6-5-14(10-19)17(18)9-15;7-5-6-3-1-2-4-6/h5-6,9,13,16H,2-4,7-8,11-12H2,1H3;5-6H,1-4H2. The van der Waals surface area contributed by atoms with Crippen LogP contribution in [0.1, 0.15) is 56.9 Å². The second-order valence-electron chi connectivity index (χ2n) is 8.61. The third-order valence-electron chi connectivity index (χ3n) is 6.48. The lowest BCUT2D eigenvalue weighted by Crippen LogP contribution is -2.41. The van der Waals surface area contributed by atoms with Gasteiger partial charge < -0.3 is 14.6 Å². The summed E-state index contributed by atoms with van der Waals surface area (Å²) in [7, 11) is 2.19. The number of halogens is 1. The van der Waals surface area contributed by atoms with Gasteiger partial charge in [0.05, 0.1) is 10.6 Å². The highest BCUT2D eigenvalue weighted by Gasteiger charge is 2.29. The van der Waals surface area contributed by atoms with E-state index in [1.807, 2.05) is 12.1 Å². The van der Waals surface area contributed by atoms with Gasteiger partial charge in [0.15, 0.2) is 0 Å². The molecule has 152 valence electrons. The van der Waals surface area contributed by atoms with Gasteiger partial charge in [0.2, 0.25) is 0 Å². The Morgan fingerprint density at radius 2 is 1.96 bits per heavy atom. The number of anilines is 1. The van der Waals surface area contributed by atoms with Crippen LogP contribution in [0.5, 0.6) is 0 Å². The van der Waals surface area contributed by atoms with Gasteiger partial charge in [-0.3, -0.25) is 0 Å². The Morgan fingerprint density at radius 1 is 1.21 bits per heavy atom. The average Bonchev–Trinajstić information content (AvgIpc) is 3.33. The monoisotopic (exact) mass is 401 g/mol. The topological polar surface area (TPSA) is 47.3 Å².